The molecule has 1 rings (SSSR count). The first kappa shape index (κ1) is 13.8. The number of amides is 2. The normalized spacial score (nSPS) is 22.4. The minimum absolute atomic E-state index is 0.286. The van der Waals surface area contributed by atoms with Gasteiger partial charge < -0.3 is 20.2 Å². The van der Waals surface area contributed by atoms with Gasteiger partial charge in [-0.05, 0) is 33.9 Å². The summed E-state index contributed by atoms with van der Waals surface area (Å²) in [6, 6.07) is -0.775. The van der Waals surface area contributed by atoms with Crippen molar-refractivity contribution in [3.05, 3.63) is 0 Å². The van der Waals surface area contributed by atoms with Crippen molar-refractivity contribution in [3.8, 4) is 0 Å². The Morgan fingerprint density at radius 3 is 2.65 bits per heavy atom. The van der Waals surface area contributed by atoms with Gasteiger partial charge in [-0.15, -0.1) is 0 Å². The number of rotatable bonds is 3. The zero-order valence-electron chi connectivity index (χ0n) is 10.6. The van der Waals surface area contributed by atoms with E-state index in [9.17, 15) is 9.59 Å². The maximum absolute atomic E-state index is 11.8. The summed E-state index contributed by atoms with van der Waals surface area (Å²) < 4.78 is 0. The standard InChI is InChI=1S/C11H21N3O3/c1-8(10(15)16)12-11(17)14-6-4-5-9(7-14)13(2)3/h8-9H,4-7H2,1-3H3,(H,12,17)(H,15,16)/t8-,9?/m1/s1. The smallest absolute Gasteiger partial charge is 0.325 e. The molecular weight excluding hydrogens is 222 g/mol. The number of nitrogens with one attached hydrogen (secondary N) is 1. The second kappa shape index (κ2) is 5.86. The summed E-state index contributed by atoms with van der Waals surface area (Å²) in [5.74, 6) is -1.01. The maximum Gasteiger partial charge on any atom is 0.325 e. The molecule has 0 saturated carbocycles. The van der Waals surface area contributed by atoms with Crippen LogP contribution in [0.25, 0.3) is 0 Å². The number of piperidine rings is 1. The highest BCUT2D eigenvalue weighted by Crippen LogP contribution is 2.13. The molecule has 0 spiro atoms. The molecule has 0 radical (unpaired) electrons. The topological polar surface area (TPSA) is 72.9 Å². The molecule has 1 aliphatic rings. The Morgan fingerprint density at radius 1 is 1.47 bits per heavy atom. The first-order valence-electron chi connectivity index (χ1n) is 5.86. The fourth-order valence-electron chi connectivity index (χ4n) is 1.90. The summed E-state index contributed by atoms with van der Waals surface area (Å²) in [6.07, 6.45) is 2.03. The molecule has 1 saturated heterocycles. The first-order valence-corrected chi connectivity index (χ1v) is 5.86. The molecule has 0 aliphatic carbocycles. The largest absolute Gasteiger partial charge is 0.480 e. The van der Waals surface area contributed by atoms with Crippen molar-refractivity contribution < 1.29 is 14.7 Å². The van der Waals surface area contributed by atoms with Crippen molar-refractivity contribution in [2.75, 3.05) is 27.2 Å². The van der Waals surface area contributed by atoms with Gasteiger partial charge in [0.2, 0.25) is 0 Å². The Hall–Kier alpha value is -1.30. The van der Waals surface area contributed by atoms with Gasteiger partial charge in [-0.1, -0.05) is 0 Å². The molecule has 6 heteroatoms. The lowest BCUT2D eigenvalue weighted by Crippen LogP contribution is -2.53. The van der Waals surface area contributed by atoms with Crippen LogP contribution >= 0.6 is 0 Å². The molecule has 2 amide bonds. The summed E-state index contributed by atoms with van der Waals surface area (Å²) in [4.78, 5) is 26.2. The number of nitrogens with zero attached hydrogens (tertiary/aromatic N) is 2. The molecule has 1 fully saturated rings. The summed E-state index contributed by atoms with van der Waals surface area (Å²) in [5, 5.41) is 11.2. The van der Waals surface area contributed by atoms with Gasteiger partial charge in [0, 0.05) is 19.1 Å². The van der Waals surface area contributed by atoms with E-state index in [2.05, 4.69) is 10.2 Å². The van der Waals surface area contributed by atoms with Crippen molar-refractivity contribution in [1.82, 2.24) is 15.1 Å². The number of carbonyl (C=O) groups is 2. The summed E-state index contributed by atoms with van der Waals surface area (Å²) >= 11 is 0. The molecule has 6 nitrogen and oxygen atoms in total. The number of hydrogen-bond donors (Lipinski definition) is 2. The van der Waals surface area contributed by atoms with Crippen molar-refractivity contribution in [2.24, 2.45) is 0 Å². The first-order chi connectivity index (χ1) is 7.91. The Balaban J connectivity index is 2.49. The van der Waals surface area contributed by atoms with E-state index in [4.69, 9.17) is 5.11 Å². The van der Waals surface area contributed by atoms with Crippen LogP contribution in [0.3, 0.4) is 0 Å². The van der Waals surface area contributed by atoms with Gasteiger partial charge in [0.15, 0.2) is 0 Å². The average Bonchev–Trinajstić information content (AvgIpc) is 2.28. The summed E-state index contributed by atoms with van der Waals surface area (Å²) in [7, 11) is 3.98. The lowest BCUT2D eigenvalue weighted by Gasteiger charge is -2.36. The van der Waals surface area contributed by atoms with Gasteiger partial charge in [-0.2, -0.15) is 0 Å². The highest BCUT2D eigenvalue weighted by molar-refractivity contribution is 5.82. The van der Waals surface area contributed by atoms with Gasteiger partial charge >= 0.3 is 12.0 Å². The molecule has 1 heterocycles. The molecule has 1 unspecified atom stereocenters. The average molecular weight is 243 g/mol. The van der Waals surface area contributed by atoms with E-state index in [1.54, 1.807) is 4.90 Å². The number of hydrogen-bond acceptors (Lipinski definition) is 3. The molecule has 0 aromatic carbocycles. The van der Waals surface area contributed by atoms with Gasteiger partial charge in [-0.3, -0.25) is 4.79 Å². The lowest BCUT2D eigenvalue weighted by molar-refractivity contribution is -0.138. The van der Waals surface area contributed by atoms with Crippen molar-refractivity contribution >= 4 is 12.0 Å². The van der Waals surface area contributed by atoms with Crippen LogP contribution in [0.4, 0.5) is 4.79 Å². The second-order valence-corrected chi connectivity index (χ2v) is 4.72. The molecule has 1 aliphatic heterocycles. The van der Waals surface area contributed by atoms with E-state index >= 15 is 0 Å². The second-order valence-electron chi connectivity index (χ2n) is 4.72. The van der Waals surface area contributed by atoms with E-state index in [0.717, 1.165) is 12.8 Å². The molecule has 98 valence electrons. The molecule has 2 atom stereocenters. The summed E-state index contributed by atoms with van der Waals surface area (Å²) in [5.41, 5.74) is 0. The Kier molecular flexibility index (Phi) is 4.74. The number of likely N-dealkylation sites (N-methyl/N-ethyl adjacent to an activating group) is 1. The van der Waals surface area contributed by atoms with Crippen LogP contribution in [0.1, 0.15) is 19.8 Å². The molecule has 2 N–H and O–H groups in total. The number of carboxylic acids is 1. The van der Waals surface area contributed by atoms with E-state index in [1.165, 1.54) is 6.92 Å². The van der Waals surface area contributed by atoms with Crippen LogP contribution in [-0.4, -0.2) is 66.2 Å². The van der Waals surface area contributed by atoms with Crippen molar-refractivity contribution in [1.29, 1.82) is 0 Å². The molecule has 0 bridgehead atoms. The predicted octanol–water partition coefficient (Wildman–Crippen LogP) is 0.195. The summed E-state index contributed by atoms with van der Waals surface area (Å²) in [6.45, 7) is 2.82. The fraction of sp³-hybridized carbons (Fsp3) is 0.818. The Labute approximate surface area is 102 Å². The molecule has 17 heavy (non-hydrogen) atoms. The zero-order valence-corrected chi connectivity index (χ0v) is 10.6. The number of carbonyl (C=O) groups excluding carboxylic acids is 1. The third kappa shape index (κ3) is 3.89. The lowest BCUT2D eigenvalue weighted by atomic mass is 10.1. The van der Waals surface area contributed by atoms with Gasteiger partial charge in [-0.25, -0.2) is 4.79 Å². The molecular formula is C11H21N3O3. The fourth-order valence-corrected chi connectivity index (χ4v) is 1.90. The number of likely N-dealkylation sites (tertiary alicyclic amines) is 1. The van der Waals surface area contributed by atoms with Gasteiger partial charge in [0.05, 0.1) is 0 Å². The Morgan fingerprint density at radius 2 is 2.12 bits per heavy atom. The highest BCUT2D eigenvalue weighted by Gasteiger charge is 2.26. The quantitative estimate of drug-likeness (QED) is 0.742. The van der Waals surface area contributed by atoms with Crippen LogP contribution in [0.2, 0.25) is 0 Å². The number of aliphatic carboxylic acids is 1. The van der Waals surface area contributed by atoms with Crippen LogP contribution in [-0.2, 0) is 4.79 Å². The highest BCUT2D eigenvalue weighted by atomic mass is 16.4. The van der Waals surface area contributed by atoms with Crippen molar-refractivity contribution in [3.63, 3.8) is 0 Å². The monoisotopic (exact) mass is 243 g/mol. The molecule has 0 aromatic heterocycles. The number of carboxylic acid groups (broad SMARTS) is 1. The Bertz CT molecular complexity index is 294. The SMILES string of the molecule is C[C@@H](NC(=O)N1CCCC(N(C)C)C1)C(=O)O. The van der Waals surface area contributed by atoms with Crippen LogP contribution < -0.4 is 5.32 Å². The predicted molar refractivity (Wildman–Crippen MR) is 63.9 cm³/mol. The van der Waals surface area contributed by atoms with Crippen LogP contribution in [0.5, 0.6) is 0 Å². The number of urea groups is 1. The molecule has 0 aromatic rings. The minimum Gasteiger partial charge on any atom is -0.480 e. The zero-order chi connectivity index (χ0) is 13.0. The van der Waals surface area contributed by atoms with E-state index in [0.29, 0.717) is 19.1 Å². The third-order valence-electron chi connectivity index (χ3n) is 3.12. The van der Waals surface area contributed by atoms with Crippen LogP contribution in [0.15, 0.2) is 0 Å². The maximum atomic E-state index is 11.8. The van der Waals surface area contributed by atoms with Crippen LogP contribution in [0, 0.1) is 0 Å². The van der Waals surface area contributed by atoms with E-state index in [-0.39, 0.29) is 6.03 Å². The van der Waals surface area contributed by atoms with E-state index < -0.39 is 12.0 Å². The van der Waals surface area contributed by atoms with Gasteiger partial charge in [0.25, 0.3) is 0 Å². The minimum atomic E-state index is -1.01. The third-order valence-corrected chi connectivity index (χ3v) is 3.12. The van der Waals surface area contributed by atoms with Gasteiger partial charge in [0.1, 0.15) is 6.04 Å². The van der Waals surface area contributed by atoms with Crippen molar-refractivity contribution in [2.45, 2.75) is 31.8 Å². The van der Waals surface area contributed by atoms with E-state index in [1.807, 2.05) is 14.1 Å².